The second kappa shape index (κ2) is 7.85. The molecule has 32 heavy (non-hydrogen) atoms. The van der Waals surface area contributed by atoms with Crippen LogP contribution in [0.4, 0.5) is 10.5 Å². The minimum absolute atomic E-state index is 0.159. The Hall–Kier alpha value is -4.13. The number of carboxylic acids is 1. The molecule has 7 heteroatoms. The molecule has 1 aliphatic heterocycles. The molecule has 0 spiro atoms. The number of benzene rings is 3. The number of hydrogen-bond acceptors (Lipinski definition) is 5. The van der Waals surface area contributed by atoms with Gasteiger partial charge in [0.05, 0.1) is 10.9 Å². The van der Waals surface area contributed by atoms with Gasteiger partial charge in [0, 0.05) is 34.3 Å². The molecule has 1 heterocycles. The quantitative estimate of drug-likeness (QED) is 0.359. The normalized spacial score (nSPS) is 11.5. The molecule has 0 fully saturated rings. The SMILES string of the molecule is CC(C)(C)OC(=O)Nc1ccc2c(-c3ccccc3C(=O)O)c3ccc(=N)cc-3oc2c1. The van der Waals surface area contributed by atoms with Crippen molar-refractivity contribution >= 4 is 28.7 Å². The summed E-state index contributed by atoms with van der Waals surface area (Å²) in [4.78, 5) is 24.1. The van der Waals surface area contributed by atoms with Gasteiger partial charge in [0.15, 0.2) is 0 Å². The van der Waals surface area contributed by atoms with E-state index < -0.39 is 17.7 Å². The number of carbonyl (C=O) groups is 2. The first kappa shape index (κ1) is 21.1. The maximum atomic E-state index is 12.2. The fourth-order valence-corrected chi connectivity index (χ4v) is 3.57. The van der Waals surface area contributed by atoms with Crippen LogP contribution in [0.15, 0.2) is 65.1 Å². The summed E-state index contributed by atoms with van der Waals surface area (Å²) < 4.78 is 11.4. The van der Waals surface area contributed by atoms with Crippen LogP contribution in [-0.2, 0) is 4.74 Å². The molecule has 0 saturated heterocycles. The van der Waals surface area contributed by atoms with Crippen molar-refractivity contribution in [3.63, 3.8) is 0 Å². The molecule has 3 N–H and O–H groups in total. The number of aromatic carboxylic acids is 1. The lowest BCUT2D eigenvalue weighted by atomic mass is 9.91. The predicted octanol–water partition coefficient (Wildman–Crippen LogP) is 5.73. The van der Waals surface area contributed by atoms with E-state index in [1.54, 1.807) is 81.4 Å². The summed E-state index contributed by atoms with van der Waals surface area (Å²) in [6, 6.07) is 16.9. The molecule has 2 aromatic carbocycles. The van der Waals surface area contributed by atoms with E-state index in [0.717, 1.165) is 0 Å². The number of ether oxygens (including phenoxy) is 1. The van der Waals surface area contributed by atoms with Crippen molar-refractivity contribution in [2.24, 2.45) is 0 Å². The minimum atomic E-state index is -1.04. The molecule has 4 rings (SSSR count). The second-order valence-corrected chi connectivity index (χ2v) is 8.38. The number of amides is 1. The molecule has 0 bridgehead atoms. The molecule has 7 nitrogen and oxygen atoms in total. The van der Waals surface area contributed by atoms with Gasteiger partial charge in [0.2, 0.25) is 0 Å². The Labute approximate surface area is 184 Å². The summed E-state index contributed by atoms with van der Waals surface area (Å²) in [6.07, 6.45) is -0.595. The first-order valence-corrected chi connectivity index (χ1v) is 10.0. The van der Waals surface area contributed by atoms with E-state index in [-0.39, 0.29) is 10.9 Å². The maximum Gasteiger partial charge on any atom is 0.412 e. The van der Waals surface area contributed by atoms with Crippen molar-refractivity contribution in [1.82, 2.24) is 0 Å². The molecule has 0 unspecified atom stereocenters. The number of rotatable bonds is 3. The molecule has 0 atom stereocenters. The Balaban J connectivity index is 1.94. The number of anilines is 1. The lowest BCUT2D eigenvalue weighted by Gasteiger charge is -2.20. The summed E-state index contributed by atoms with van der Waals surface area (Å²) in [7, 11) is 0. The smallest absolute Gasteiger partial charge is 0.412 e. The molecule has 162 valence electrons. The third kappa shape index (κ3) is 4.18. The number of carboxylic acid groups (broad SMARTS) is 1. The first-order valence-electron chi connectivity index (χ1n) is 10.0. The number of fused-ring (bicyclic) bond motifs is 2. The highest BCUT2D eigenvalue weighted by Gasteiger charge is 2.22. The van der Waals surface area contributed by atoms with Crippen LogP contribution in [0.3, 0.4) is 0 Å². The second-order valence-electron chi connectivity index (χ2n) is 8.38. The highest BCUT2D eigenvalue weighted by atomic mass is 16.6. The molecule has 2 aromatic rings. The third-order valence-electron chi connectivity index (χ3n) is 4.79. The molecule has 0 radical (unpaired) electrons. The Morgan fingerprint density at radius 1 is 1.00 bits per heavy atom. The first-order chi connectivity index (χ1) is 15.1. The summed E-state index contributed by atoms with van der Waals surface area (Å²) in [6.45, 7) is 5.33. The average Bonchev–Trinajstić information content (AvgIpc) is 2.70. The topological polar surface area (TPSA) is 113 Å². The van der Waals surface area contributed by atoms with Crippen molar-refractivity contribution in [3.05, 3.63) is 71.6 Å². The zero-order chi connectivity index (χ0) is 23.0. The summed E-state index contributed by atoms with van der Waals surface area (Å²) >= 11 is 0. The predicted molar refractivity (Wildman–Crippen MR) is 121 cm³/mol. The van der Waals surface area contributed by atoms with Crippen molar-refractivity contribution in [3.8, 4) is 22.5 Å². The summed E-state index contributed by atoms with van der Waals surface area (Å²) in [5.74, 6) is -0.599. The maximum absolute atomic E-state index is 12.2. The average molecular weight is 430 g/mol. The molecule has 0 aromatic heterocycles. The van der Waals surface area contributed by atoms with Gasteiger partial charge in [-0.1, -0.05) is 18.2 Å². The highest BCUT2D eigenvalue weighted by Crippen LogP contribution is 2.41. The standard InChI is InChI=1S/C25H22N2O5/c1-25(2,3)32-24(30)27-15-9-11-19-21(13-15)31-20-12-14(26)8-10-18(20)22(19)16-6-4-5-7-17(16)23(28)29/h4-13,26H,1-3H3,(H,27,30)(H,28,29). The zero-order valence-corrected chi connectivity index (χ0v) is 17.9. The van der Waals surface area contributed by atoms with E-state index in [1.165, 1.54) is 0 Å². The van der Waals surface area contributed by atoms with Crippen molar-refractivity contribution in [2.75, 3.05) is 5.32 Å². The lowest BCUT2D eigenvalue weighted by Crippen LogP contribution is -2.27. The van der Waals surface area contributed by atoms with Crippen molar-refractivity contribution < 1.29 is 23.8 Å². The van der Waals surface area contributed by atoms with Crippen molar-refractivity contribution in [1.29, 1.82) is 5.41 Å². The number of hydrogen-bond donors (Lipinski definition) is 3. The van der Waals surface area contributed by atoms with E-state index in [1.807, 2.05) is 0 Å². The molecule has 1 aliphatic carbocycles. The van der Waals surface area contributed by atoms with Crippen LogP contribution < -0.4 is 10.7 Å². The number of nitrogens with one attached hydrogen (secondary N) is 2. The van der Waals surface area contributed by atoms with Gasteiger partial charge in [-0.05, 0) is 56.7 Å². The summed E-state index contributed by atoms with van der Waals surface area (Å²) in [5.41, 5.74) is 2.34. The molecular formula is C25H22N2O5. The minimum Gasteiger partial charge on any atom is -0.478 e. The Morgan fingerprint density at radius 3 is 2.47 bits per heavy atom. The van der Waals surface area contributed by atoms with E-state index in [2.05, 4.69) is 5.32 Å². The van der Waals surface area contributed by atoms with Gasteiger partial charge in [-0.3, -0.25) is 5.32 Å². The lowest BCUT2D eigenvalue weighted by molar-refractivity contribution is 0.0634. The van der Waals surface area contributed by atoms with Gasteiger partial charge in [-0.15, -0.1) is 0 Å². The van der Waals surface area contributed by atoms with Gasteiger partial charge >= 0.3 is 12.1 Å². The van der Waals surface area contributed by atoms with Gasteiger partial charge in [0.1, 0.15) is 16.9 Å². The van der Waals surface area contributed by atoms with Crippen LogP contribution in [0.1, 0.15) is 31.1 Å². The van der Waals surface area contributed by atoms with Crippen LogP contribution in [0.2, 0.25) is 0 Å². The highest BCUT2D eigenvalue weighted by molar-refractivity contribution is 6.08. The van der Waals surface area contributed by atoms with Gasteiger partial charge < -0.3 is 19.7 Å². The molecule has 1 amide bonds. The Kier molecular flexibility index (Phi) is 5.18. The Bertz CT molecular complexity index is 1380. The largest absolute Gasteiger partial charge is 0.478 e. The van der Waals surface area contributed by atoms with Crippen LogP contribution >= 0.6 is 0 Å². The number of carbonyl (C=O) groups excluding carboxylic acids is 1. The molecule has 0 saturated carbocycles. The fourth-order valence-electron chi connectivity index (χ4n) is 3.57. The van der Waals surface area contributed by atoms with Gasteiger partial charge in [0.25, 0.3) is 0 Å². The van der Waals surface area contributed by atoms with Gasteiger partial charge in [-0.2, -0.15) is 0 Å². The third-order valence-corrected chi connectivity index (χ3v) is 4.79. The van der Waals surface area contributed by atoms with Gasteiger partial charge in [-0.25, -0.2) is 9.59 Å². The van der Waals surface area contributed by atoms with Crippen molar-refractivity contribution in [2.45, 2.75) is 26.4 Å². The molecule has 2 aliphatic rings. The van der Waals surface area contributed by atoms with E-state index >= 15 is 0 Å². The molecular weight excluding hydrogens is 408 g/mol. The Morgan fingerprint density at radius 2 is 1.75 bits per heavy atom. The van der Waals surface area contributed by atoms with Crippen LogP contribution in [0.25, 0.3) is 33.4 Å². The summed E-state index contributed by atoms with van der Waals surface area (Å²) in [5, 5.41) is 21.3. The fraction of sp³-hybridized carbons (Fsp3) is 0.160. The van der Waals surface area contributed by atoms with Crippen LogP contribution in [0.5, 0.6) is 0 Å². The van der Waals surface area contributed by atoms with E-state index in [4.69, 9.17) is 14.6 Å². The van der Waals surface area contributed by atoms with Crippen LogP contribution in [-0.4, -0.2) is 22.8 Å². The van der Waals surface area contributed by atoms with Crippen LogP contribution in [0, 0.1) is 5.41 Å². The van der Waals surface area contributed by atoms with E-state index in [9.17, 15) is 14.7 Å². The van der Waals surface area contributed by atoms with E-state index in [0.29, 0.717) is 39.1 Å². The zero-order valence-electron chi connectivity index (χ0n) is 17.9. The monoisotopic (exact) mass is 430 g/mol.